The maximum Gasteiger partial charge on any atom is 0.410 e. The fourth-order valence-corrected chi connectivity index (χ4v) is 4.01. The summed E-state index contributed by atoms with van der Waals surface area (Å²) in [6.45, 7) is -5.82. The SMILES string of the molecule is [2H]C([2H])([2H])C([2H])([2H])[C@H]1CN(C(=O)OCc2ccccc2)C[C@H]1N.[2H]C([2H])([2H])C([2H])([2H])[C@H]1CN(C(=O)OCc2ccccc2)C[C@H]1N=[N+]=[N-]. The van der Waals surface area contributed by atoms with Crippen LogP contribution in [0.15, 0.2) is 65.8 Å². The molecule has 0 spiro atoms. The third kappa shape index (κ3) is 8.39. The number of nitrogens with zero attached hydrogens (tertiary/aromatic N) is 5. The molecule has 10 nitrogen and oxygen atoms in total. The van der Waals surface area contributed by atoms with Crippen molar-refractivity contribution in [3.63, 3.8) is 0 Å². The predicted molar refractivity (Wildman–Crippen MR) is 145 cm³/mol. The minimum Gasteiger partial charge on any atom is -0.445 e. The van der Waals surface area contributed by atoms with Crippen LogP contribution in [-0.4, -0.2) is 60.2 Å². The number of hydrogen-bond donors (Lipinski definition) is 1. The Bertz CT molecular complexity index is 1430. The number of ether oxygens (including phenoxy) is 2. The molecule has 0 aliphatic carbocycles. The van der Waals surface area contributed by atoms with Gasteiger partial charge in [-0.15, -0.1) is 0 Å². The van der Waals surface area contributed by atoms with Crippen molar-refractivity contribution in [2.75, 3.05) is 26.2 Å². The molecule has 2 saturated heterocycles. The number of rotatable bonds is 7. The number of hydrogen-bond acceptors (Lipinski definition) is 6. The van der Waals surface area contributed by atoms with Crippen molar-refractivity contribution >= 4 is 12.2 Å². The number of amides is 2. The molecule has 2 amide bonds. The van der Waals surface area contributed by atoms with E-state index in [4.69, 9.17) is 34.4 Å². The van der Waals surface area contributed by atoms with Gasteiger partial charge in [0.15, 0.2) is 0 Å². The maximum atomic E-state index is 12.2. The molecule has 38 heavy (non-hydrogen) atoms. The Hall–Kier alpha value is -3.75. The molecule has 2 heterocycles. The molecule has 0 unspecified atom stereocenters. The van der Waals surface area contributed by atoms with Crippen LogP contribution < -0.4 is 5.73 Å². The standard InChI is InChI=1S/C14H18N4O2.C14H20N2O2/c1-2-12-8-18(9-13(12)16-17-15)14(19)20-10-11-6-4-3-5-7-11;1-2-12-8-16(9-13(12)15)14(17)18-10-11-6-4-3-5-7-11/h3-7,12-13H,2,8-10H2,1H3;3-7,12-13H,2,8-10,15H2,1H3/t2*12-,13+/m00/s1/i2*1D3,2D2. The average molecular weight is 533 g/mol. The Morgan fingerprint density at radius 1 is 0.921 bits per heavy atom. The van der Waals surface area contributed by atoms with Crippen molar-refractivity contribution in [1.82, 2.24) is 9.80 Å². The number of azide groups is 1. The molecule has 0 saturated carbocycles. The highest BCUT2D eigenvalue weighted by Gasteiger charge is 2.34. The second-order valence-corrected chi connectivity index (χ2v) is 8.83. The van der Waals surface area contributed by atoms with Crippen LogP contribution in [0.25, 0.3) is 10.4 Å². The van der Waals surface area contributed by atoms with Gasteiger partial charge in [-0.1, -0.05) is 92.2 Å². The lowest BCUT2D eigenvalue weighted by molar-refractivity contribution is 0.102. The topological polar surface area (TPSA) is 134 Å². The van der Waals surface area contributed by atoms with Crippen molar-refractivity contribution < 1.29 is 32.8 Å². The summed E-state index contributed by atoms with van der Waals surface area (Å²) in [4.78, 5) is 29.4. The summed E-state index contributed by atoms with van der Waals surface area (Å²) in [5.41, 5.74) is 16.1. The van der Waals surface area contributed by atoms with Gasteiger partial charge < -0.3 is 25.0 Å². The van der Waals surface area contributed by atoms with Gasteiger partial charge in [-0.25, -0.2) is 9.59 Å². The first-order valence-corrected chi connectivity index (χ1v) is 12.0. The van der Waals surface area contributed by atoms with E-state index in [1.165, 1.54) is 9.80 Å². The van der Waals surface area contributed by atoms with Gasteiger partial charge in [0.2, 0.25) is 0 Å². The van der Waals surface area contributed by atoms with Crippen molar-refractivity contribution in [3.8, 4) is 0 Å². The first-order chi connectivity index (χ1) is 22.3. The Labute approximate surface area is 238 Å². The Morgan fingerprint density at radius 3 is 1.95 bits per heavy atom. The fraction of sp³-hybridized carbons (Fsp3) is 0.500. The summed E-state index contributed by atoms with van der Waals surface area (Å²) < 4.78 is 85.9. The molecular formula is C28H38N6O4. The predicted octanol–water partition coefficient (Wildman–Crippen LogP) is 5.34. The zero-order chi connectivity index (χ0) is 35.9. The second-order valence-electron chi connectivity index (χ2n) is 8.83. The molecule has 2 aromatic rings. The van der Waals surface area contributed by atoms with E-state index in [0.717, 1.165) is 11.1 Å². The van der Waals surface area contributed by atoms with Crippen LogP contribution in [0.1, 0.15) is 51.3 Å². The number of benzene rings is 2. The lowest BCUT2D eigenvalue weighted by atomic mass is 10.0. The summed E-state index contributed by atoms with van der Waals surface area (Å²) >= 11 is 0. The summed E-state index contributed by atoms with van der Waals surface area (Å²) in [6.07, 6.45) is -6.37. The quantitative estimate of drug-likeness (QED) is 0.292. The third-order valence-corrected chi connectivity index (χ3v) is 6.15. The number of carbonyl (C=O) groups excluding carboxylic acids is 2. The van der Waals surface area contributed by atoms with Crippen molar-refractivity contribution in [2.45, 2.75) is 51.7 Å². The highest BCUT2D eigenvalue weighted by Crippen LogP contribution is 2.24. The molecule has 10 heteroatoms. The Balaban J connectivity index is 0.000000261. The van der Waals surface area contributed by atoms with Gasteiger partial charge in [0, 0.05) is 50.8 Å². The summed E-state index contributed by atoms with van der Waals surface area (Å²) in [5, 5.41) is 3.48. The van der Waals surface area contributed by atoms with Gasteiger partial charge in [-0.3, -0.25) is 0 Å². The van der Waals surface area contributed by atoms with Crippen LogP contribution in [0.4, 0.5) is 9.59 Å². The summed E-state index contributed by atoms with van der Waals surface area (Å²) in [6, 6.07) is 16.5. The first-order valence-electron chi connectivity index (χ1n) is 17.0. The van der Waals surface area contributed by atoms with Gasteiger partial charge >= 0.3 is 12.2 Å². The monoisotopic (exact) mass is 532 g/mol. The number of carbonyl (C=O) groups is 2. The van der Waals surface area contributed by atoms with E-state index >= 15 is 0 Å². The fourth-order valence-electron chi connectivity index (χ4n) is 4.01. The first kappa shape index (κ1) is 17.7. The third-order valence-electron chi connectivity index (χ3n) is 6.15. The molecule has 2 aliphatic heterocycles. The zero-order valence-electron chi connectivity index (χ0n) is 30.8. The smallest absolute Gasteiger partial charge is 0.410 e. The van der Waals surface area contributed by atoms with E-state index in [1.54, 1.807) is 24.3 Å². The average Bonchev–Trinajstić information content (AvgIpc) is 3.64. The molecule has 0 bridgehead atoms. The zero-order valence-corrected chi connectivity index (χ0v) is 20.8. The molecular weight excluding hydrogens is 484 g/mol. The van der Waals surface area contributed by atoms with Crippen molar-refractivity contribution in [3.05, 3.63) is 82.2 Å². The highest BCUT2D eigenvalue weighted by molar-refractivity contribution is 5.68. The van der Waals surface area contributed by atoms with Gasteiger partial charge in [0.05, 0.1) is 6.04 Å². The van der Waals surface area contributed by atoms with Crippen molar-refractivity contribution in [1.29, 1.82) is 0 Å². The Kier molecular flexibility index (Phi) is 6.92. The van der Waals surface area contributed by atoms with E-state index in [-0.39, 0.29) is 39.4 Å². The normalized spacial score (nSPS) is 27.5. The molecule has 204 valence electrons. The number of nitrogens with two attached hydrogens (primary N) is 1. The Morgan fingerprint density at radius 2 is 1.42 bits per heavy atom. The lowest BCUT2D eigenvalue weighted by Gasteiger charge is -2.16. The van der Waals surface area contributed by atoms with E-state index in [0.29, 0.717) is 0 Å². The largest absolute Gasteiger partial charge is 0.445 e. The van der Waals surface area contributed by atoms with Crippen LogP contribution in [0.3, 0.4) is 0 Å². The van der Waals surface area contributed by atoms with Crippen LogP contribution >= 0.6 is 0 Å². The lowest BCUT2D eigenvalue weighted by Crippen LogP contribution is -2.32. The van der Waals surface area contributed by atoms with Gasteiger partial charge in [0.1, 0.15) is 13.2 Å². The minimum atomic E-state index is -2.90. The molecule has 2 N–H and O–H groups in total. The summed E-state index contributed by atoms with van der Waals surface area (Å²) in [7, 11) is 0. The minimum absolute atomic E-state index is 0.0409. The molecule has 2 aromatic carbocycles. The van der Waals surface area contributed by atoms with E-state index in [2.05, 4.69) is 10.0 Å². The van der Waals surface area contributed by atoms with E-state index in [1.807, 2.05) is 36.4 Å². The van der Waals surface area contributed by atoms with Crippen LogP contribution in [0.5, 0.6) is 0 Å². The molecule has 4 rings (SSSR count). The van der Waals surface area contributed by atoms with Crippen LogP contribution in [0, 0.1) is 11.8 Å². The van der Waals surface area contributed by atoms with E-state index in [9.17, 15) is 9.59 Å². The molecule has 2 aliphatic rings. The molecule has 4 atom stereocenters. The molecule has 0 radical (unpaired) electrons. The molecule has 0 aromatic heterocycles. The highest BCUT2D eigenvalue weighted by atomic mass is 16.6. The van der Waals surface area contributed by atoms with Gasteiger partial charge in [-0.05, 0) is 28.5 Å². The summed E-state index contributed by atoms with van der Waals surface area (Å²) in [5.74, 6) is -2.10. The molecule has 2 fully saturated rings. The van der Waals surface area contributed by atoms with E-state index < -0.39 is 62.6 Å². The van der Waals surface area contributed by atoms with Crippen LogP contribution in [-0.2, 0) is 22.7 Å². The number of likely N-dealkylation sites (tertiary alicyclic amines) is 2. The van der Waals surface area contributed by atoms with Gasteiger partial charge in [0.25, 0.3) is 0 Å². The second kappa shape index (κ2) is 14.9. The maximum absolute atomic E-state index is 12.2. The van der Waals surface area contributed by atoms with Crippen LogP contribution in [0.2, 0.25) is 0 Å². The van der Waals surface area contributed by atoms with Crippen molar-refractivity contribution in [2.24, 2.45) is 22.7 Å². The van der Waals surface area contributed by atoms with Gasteiger partial charge in [-0.2, -0.15) is 0 Å².